The number of hydrogen-bond donors (Lipinski definition) is 0. The van der Waals surface area contributed by atoms with Crippen LogP contribution in [0.15, 0.2) is 52.7 Å². The summed E-state index contributed by atoms with van der Waals surface area (Å²) in [6, 6.07) is 14.1. The van der Waals surface area contributed by atoms with Crippen molar-refractivity contribution in [3.05, 3.63) is 64.7 Å². The van der Waals surface area contributed by atoms with Gasteiger partial charge in [0.25, 0.3) is 0 Å². The Morgan fingerprint density at radius 2 is 1.70 bits per heavy atom. The maximum atomic E-state index is 6.03. The molecule has 1 aliphatic rings. The fourth-order valence-corrected chi connectivity index (χ4v) is 3.24. The van der Waals surface area contributed by atoms with Crippen LogP contribution in [0.5, 0.6) is 5.75 Å². The minimum absolute atomic E-state index is 0.449. The first-order valence-corrected chi connectivity index (χ1v) is 12.6. The molecule has 0 radical (unpaired) electrons. The molecule has 0 N–H and O–H groups in total. The first kappa shape index (κ1) is 19.3. The van der Waals surface area contributed by atoms with Gasteiger partial charge in [-0.3, -0.25) is 0 Å². The van der Waals surface area contributed by atoms with E-state index in [2.05, 4.69) is 53.5 Å². The maximum absolute atomic E-state index is 6.03. The highest BCUT2D eigenvalue weighted by Gasteiger charge is 2.38. The van der Waals surface area contributed by atoms with Gasteiger partial charge in [-0.1, -0.05) is 49.8 Å². The van der Waals surface area contributed by atoms with Crippen LogP contribution in [0.3, 0.4) is 0 Å². The summed E-state index contributed by atoms with van der Waals surface area (Å²) < 4.78 is 11.2. The molecule has 0 aromatic heterocycles. The van der Waals surface area contributed by atoms with Gasteiger partial charge in [-0.15, -0.1) is 5.54 Å². The minimum Gasteiger partial charge on any atom is -0.497 e. The molecule has 27 heavy (non-hydrogen) atoms. The molecule has 0 unspecified atom stereocenters. The van der Waals surface area contributed by atoms with E-state index in [1.807, 2.05) is 37.3 Å². The SMILES string of the molecule is COc1ccc(COCc2c(C#C[Si](C)(C)C)cccc2C2(C)N=N2)cc1. The van der Waals surface area contributed by atoms with Gasteiger partial charge in [0.15, 0.2) is 0 Å². The average Bonchev–Trinajstić information content (AvgIpc) is 3.39. The molecule has 0 aliphatic carbocycles. The van der Waals surface area contributed by atoms with Crippen molar-refractivity contribution in [2.45, 2.75) is 45.4 Å². The minimum atomic E-state index is -1.46. The van der Waals surface area contributed by atoms with Gasteiger partial charge in [0.2, 0.25) is 5.66 Å². The number of hydrogen-bond acceptors (Lipinski definition) is 4. The molecule has 0 atom stereocenters. The smallest absolute Gasteiger partial charge is 0.213 e. The molecule has 0 spiro atoms. The zero-order valence-corrected chi connectivity index (χ0v) is 17.7. The summed E-state index contributed by atoms with van der Waals surface area (Å²) in [4.78, 5) is 0. The molecule has 2 aromatic rings. The van der Waals surface area contributed by atoms with E-state index in [0.29, 0.717) is 13.2 Å². The van der Waals surface area contributed by atoms with E-state index >= 15 is 0 Å². The summed E-state index contributed by atoms with van der Waals surface area (Å²) in [6.07, 6.45) is 0. The molecule has 0 saturated carbocycles. The van der Waals surface area contributed by atoms with Crippen molar-refractivity contribution < 1.29 is 9.47 Å². The third kappa shape index (κ3) is 5.06. The van der Waals surface area contributed by atoms with Crippen molar-refractivity contribution >= 4 is 8.07 Å². The number of rotatable bonds is 6. The normalized spacial score (nSPS) is 14.4. The van der Waals surface area contributed by atoms with Crippen molar-refractivity contribution in [3.63, 3.8) is 0 Å². The van der Waals surface area contributed by atoms with E-state index in [4.69, 9.17) is 9.47 Å². The molecule has 5 heteroatoms. The van der Waals surface area contributed by atoms with Crippen LogP contribution in [-0.2, 0) is 23.6 Å². The summed E-state index contributed by atoms with van der Waals surface area (Å²) in [5.41, 5.74) is 7.30. The summed E-state index contributed by atoms with van der Waals surface area (Å²) in [7, 11) is 0.202. The first-order chi connectivity index (χ1) is 12.8. The third-order valence-corrected chi connectivity index (χ3v) is 5.21. The van der Waals surface area contributed by atoms with Crippen molar-refractivity contribution in [3.8, 4) is 17.2 Å². The Bertz CT molecular complexity index is 897. The summed E-state index contributed by atoms with van der Waals surface area (Å²) >= 11 is 0. The van der Waals surface area contributed by atoms with Gasteiger partial charge in [-0.2, -0.15) is 10.2 Å². The monoisotopic (exact) mass is 378 g/mol. The summed E-state index contributed by atoms with van der Waals surface area (Å²) in [5, 5.41) is 8.43. The lowest BCUT2D eigenvalue weighted by Gasteiger charge is -2.15. The van der Waals surface area contributed by atoms with E-state index in [-0.39, 0.29) is 0 Å². The molecule has 0 saturated heterocycles. The van der Waals surface area contributed by atoms with Gasteiger partial charge in [-0.25, -0.2) is 0 Å². The Hall–Kier alpha value is -2.42. The topological polar surface area (TPSA) is 43.2 Å². The second kappa shape index (κ2) is 7.67. The number of methoxy groups -OCH3 is 1. The largest absolute Gasteiger partial charge is 0.497 e. The van der Waals surface area contributed by atoms with E-state index in [1.165, 1.54) is 0 Å². The van der Waals surface area contributed by atoms with Crippen LogP contribution in [0, 0.1) is 11.5 Å². The van der Waals surface area contributed by atoms with Crippen LogP contribution < -0.4 is 4.74 Å². The number of nitrogens with zero attached hydrogens (tertiary/aromatic N) is 2. The zero-order valence-electron chi connectivity index (χ0n) is 16.7. The molecule has 2 aromatic carbocycles. The van der Waals surface area contributed by atoms with Crippen LogP contribution in [-0.4, -0.2) is 15.2 Å². The van der Waals surface area contributed by atoms with Crippen molar-refractivity contribution in [1.82, 2.24) is 0 Å². The van der Waals surface area contributed by atoms with Gasteiger partial charge in [0.1, 0.15) is 13.8 Å². The zero-order chi connectivity index (χ0) is 19.5. The standard InChI is InChI=1S/C22H26N2O2Si/c1-22(23-24-22)21-8-6-7-18(13-14-27(3,4)5)20(21)16-26-15-17-9-11-19(25-2)12-10-17/h6-12H,15-16H2,1-5H3. The predicted molar refractivity (Wildman–Crippen MR) is 110 cm³/mol. The Morgan fingerprint density at radius 3 is 2.30 bits per heavy atom. The second-order valence-corrected chi connectivity index (χ2v) is 12.6. The van der Waals surface area contributed by atoms with Crippen LogP contribution in [0.1, 0.15) is 29.2 Å². The van der Waals surface area contributed by atoms with Gasteiger partial charge >= 0.3 is 0 Å². The van der Waals surface area contributed by atoms with Crippen molar-refractivity contribution in [1.29, 1.82) is 0 Å². The third-order valence-electron chi connectivity index (χ3n) is 4.33. The lowest BCUT2D eigenvalue weighted by molar-refractivity contribution is 0.106. The number of ether oxygens (including phenoxy) is 2. The van der Waals surface area contributed by atoms with Gasteiger partial charge in [0.05, 0.1) is 20.3 Å². The van der Waals surface area contributed by atoms with Crippen LogP contribution >= 0.6 is 0 Å². The Labute approximate surface area is 162 Å². The van der Waals surface area contributed by atoms with Crippen molar-refractivity contribution in [2.24, 2.45) is 10.2 Å². The highest BCUT2D eigenvalue weighted by atomic mass is 28.3. The van der Waals surface area contributed by atoms with Gasteiger partial charge in [-0.05, 0) is 30.7 Å². The highest BCUT2D eigenvalue weighted by Crippen LogP contribution is 2.41. The summed E-state index contributed by atoms with van der Waals surface area (Å²) in [6.45, 7) is 9.78. The lowest BCUT2D eigenvalue weighted by atomic mass is 9.95. The molecular weight excluding hydrogens is 352 g/mol. The van der Waals surface area contributed by atoms with Gasteiger partial charge in [0, 0.05) is 16.7 Å². The maximum Gasteiger partial charge on any atom is 0.213 e. The Kier molecular flexibility index (Phi) is 5.50. The molecule has 0 amide bonds. The summed E-state index contributed by atoms with van der Waals surface area (Å²) in [5.74, 6) is 4.23. The van der Waals surface area contributed by atoms with E-state index in [0.717, 1.165) is 28.0 Å². The molecule has 140 valence electrons. The Morgan fingerprint density at radius 1 is 1.00 bits per heavy atom. The van der Waals surface area contributed by atoms with Crippen molar-refractivity contribution in [2.75, 3.05) is 7.11 Å². The molecule has 0 bridgehead atoms. The lowest BCUT2D eigenvalue weighted by Crippen LogP contribution is -2.16. The fourth-order valence-electron chi connectivity index (χ4n) is 2.73. The average molecular weight is 379 g/mol. The molecular formula is C22H26N2O2Si. The first-order valence-electron chi connectivity index (χ1n) is 9.11. The van der Waals surface area contributed by atoms with Gasteiger partial charge < -0.3 is 9.47 Å². The van der Waals surface area contributed by atoms with E-state index < -0.39 is 13.7 Å². The number of benzene rings is 2. The predicted octanol–water partition coefficient (Wildman–Crippen LogP) is 5.28. The molecule has 3 rings (SSSR count). The van der Waals surface area contributed by atoms with E-state index in [1.54, 1.807) is 7.11 Å². The highest BCUT2D eigenvalue weighted by molar-refractivity contribution is 6.83. The molecule has 0 fully saturated rings. The van der Waals surface area contributed by atoms with Crippen LogP contribution in [0.2, 0.25) is 19.6 Å². The van der Waals surface area contributed by atoms with E-state index in [9.17, 15) is 0 Å². The molecule has 4 nitrogen and oxygen atoms in total. The Balaban J connectivity index is 1.80. The molecule has 1 aliphatic heterocycles. The quantitative estimate of drug-likeness (QED) is 0.507. The molecule has 1 heterocycles. The second-order valence-electron chi connectivity index (χ2n) is 7.89. The van der Waals surface area contributed by atoms with Crippen LogP contribution in [0.25, 0.3) is 0 Å². The fraction of sp³-hybridized carbons (Fsp3) is 0.364. The van der Waals surface area contributed by atoms with Crippen LogP contribution in [0.4, 0.5) is 0 Å².